The Morgan fingerprint density at radius 2 is 1.59 bits per heavy atom. The lowest BCUT2D eigenvalue weighted by atomic mass is 10.1. The summed E-state index contributed by atoms with van der Waals surface area (Å²) in [6, 6.07) is 9.85. The van der Waals surface area contributed by atoms with Gasteiger partial charge in [-0.05, 0) is 41.8 Å². The molecule has 1 aromatic heterocycles. The topological polar surface area (TPSA) is 54.9 Å². The van der Waals surface area contributed by atoms with E-state index in [4.69, 9.17) is 9.47 Å². The fourth-order valence-corrected chi connectivity index (χ4v) is 3.32. The molecule has 0 spiro atoms. The molecule has 0 unspecified atom stereocenters. The number of aryl methyl sites for hydroxylation is 1. The van der Waals surface area contributed by atoms with E-state index in [9.17, 15) is 4.79 Å². The number of benzene rings is 1. The molecule has 1 aliphatic rings. The Hall–Kier alpha value is -2.60. The highest BCUT2D eigenvalue weighted by atomic mass is 16.5. The average molecular weight is 369 g/mol. The van der Waals surface area contributed by atoms with Gasteiger partial charge in [-0.25, -0.2) is 0 Å². The molecule has 144 valence electrons. The molecule has 2 aromatic rings. The summed E-state index contributed by atoms with van der Waals surface area (Å²) in [6.45, 7) is 4.28. The smallest absolute Gasteiger partial charge is 0.222 e. The van der Waals surface area contributed by atoms with E-state index in [0.29, 0.717) is 12.8 Å². The summed E-state index contributed by atoms with van der Waals surface area (Å²) < 4.78 is 10.6. The number of carbonyl (C=O) groups is 1. The van der Waals surface area contributed by atoms with Crippen molar-refractivity contribution in [3.05, 3.63) is 53.9 Å². The maximum atomic E-state index is 12.6. The van der Waals surface area contributed by atoms with Gasteiger partial charge in [0, 0.05) is 57.6 Å². The highest BCUT2D eigenvalue weighted by Gasteiger charge is 2.21. The first-order valence-electron chi connectivity index (χ1n) is 9.29. The summed E-state index contributed by atoms with van der Waals surface area (Å²) in [5.74, 6) is 1.71. The number of pyridine rings is 1. The molecule has 3 rings (SSSR count). The number of rotatable bonds is 7. The van der Waals surface area contributed by atoms with Gasteiger partial charge >= 0.3 is 0 Å². The molecule has 27 heavy (non-hydrogen) atoms. The minimum Gasteiger partial charge on any atom is -0.497 e. The Balaban J connectivity index is 1.47. The molecule has 0 bridgehead atoms. The van der Waals surface area contributed by atoms with Gasteiger partial charge in [-0.1, -0.05) is 0 Å². The van der Waals surface area contributed by atoms with E-state index in [1.54, 1.807) is 14.2 Å². The lowest BCUT2D eigenvalue weighted by Gasteiger charge is -2.34. The largest absolute Gasteiger partial charge is 0.497 e. The van der Waals surface area contributed by atoms with Gasteiger partial charge in [0.1, 0.15) is 11.5 Å². The number of piperazine rings is 1. The Morgan fingerprint density at radius 1 is 0.963 bits per heavy atom. The number of ether oxygens (including phenoxy) is 2. The minimum absolute atomic E-state index is 0.209. The summed E-state index contributed by atoms with van der Waals surface area (Å²) in [5, 5.41) is 0. The van der Waals surface area contributed by atoms with Crippen LogP contribution in [0, 0.1) is 0 Å². The van der Waals surface area contributed by atoms with Crippen molar-refractivity contribution in [2.45, 2.75) is 19.4 Å². The molecular weight excluding hydrogens is 342 g/mol. The van der Waals surface area contributed by atoms with Crippen molar-refractivity contribution >= 4 is 5.91 Å². The van der Waals surface area contributed by atoms with Gasteiger partial charge in [0.15, 0.2) is 0 Å². The molecule has 0 radical (unpaired) electrons. The quantitative estimate of drug-likeness (QED) is 0.750. The van der Waals surface area contributed by atoms with Gasteiger partial charge in [0.25, 0.3) is 0 Å². The van der Waals surface area contributed by atoms with Crippen LogP contribution in [0.2, 0.25) is 0 Å². The van der Waals surface area contributed by atoms with E-state index in [0.717, 1.165) is 49.8 Å². The molecule has 0 atom stereocenters. The summed E-state index contributed by atoms with van der Waals surface area (Å²) in [6.07, 6.45) is 4.83. The van der Waals surface area contributed by atoms with Gasteiger partial charge < -0.3 is 14.4 Å². The van der Waals surface area contributed by atoms with Crippen LogP contribution in [0.3, 0.4) is 0 Å². The van der Waals surface area contributed by atoms with Crippen LogP contribution in [-0.4, -0.2) is 61.1 Å². The Bertz CT molecular complexity index is 721. The van der Waals surface area contributed by atoms with Crippen LogP contribution in [0.15, 0.2) is 42.7 Å². The summed E-state index contributed by atoms with van der Waals surface area (Å²) in [5.41, 5.74) is 2.31. The molecule has 6 nitrogen and oxygen atoms in total. The second kappa shape index (κ2) is 9.37. The van der Waals surface area contributed by atoms with E-state index in [-0.39, 0.29) is 5.91 Å². The van der Waals surface area contributed by atoms with Gasteiger partial charge in [-0.3, -0.25) is 14.7 Å². The molecule has 1 saturated heterocycles. The van der Waals surface area contributed by atoms with Crippen molar-refractivity contribution in [1.29, 1.82) is 0 Å². The number of aromatic nitrogens is 1. The molecular formula is C21H27N3O3. The molecule has 6 heteroatoms. The Kier molecular flexibility index (Phi) is 6.65. The SMILES string of the molecule is COc1cc(CCC(=O)N2CCN(Cc3ccncc3)CC2)cc(OC)c1. The highest BCUT2D eigenvalue weighted by Crippen LogP contribution is 2.23. The third-order valence-electron chi connectivity index (χ3n) is 4.92. The first-order chi connectivity index (χ1) is 13.2. The molecule has 1 fully saturated rings. The monoisotopic (exact) mass is 369 g/mol. The zero-order valence-electron chi connectivity index (χ0n) is 16.1. The maximum absolute atomic E-state index is 12.6. The van der Waals surface area contributed by atoms with Crippen LogP contribution in [0.4, 0.5) is 0 Å². The lowest BCUT2D eigenvalue weighted by Crippen LogP contribution is -2.48. The van der Waals surface area contributed by atoms with Crippen LogP contribution in [0.25, 0.3) is 0 Å². The summed E-state index contributed by atoms with van der Waals surface area (Å²) >= 11 is 0. The summed E-state index contributed by atoms with van der Waals surface area (Å²) in [4.78, 5) is 21.0. The van der Waals surface area contributed by atoms with Crippen LogP contribution >= 0.6 is 0 Å². The second-order valence-corrected chi connectivity index (χ2v) is 6.73. The van der Waals surface area contributed by atoms with Gasteiger partial charge in [-0.2, -0.15) is 0 Å². The fourth-order valence-electron chi connectivity index (χ4n) is 3.32. The standard InChI is InChI=1S/C21H27N3O3/c1-26-19-13-18(14-20(15-19)27-2)3-4-21(25)24-11-9-23(10-12-24)16-17-5-7-22-8-6-17/h5-8,13-15H,3-4,9-12,16H2,1-2H3. The molecule has 0 N–H and O–H groups in total. The van der Waals surface area contributed by atoms with Crippen molar-refractivity contribution in [3.63, 3.8) is 0 Å². The van der Waals surface area contributed by atoms with E-state index >= 15 is 0 Å². The zero-order chi connectivity index (χ0) is 19.1. The third kappa shape index (κ3) is 5.44. The number of methoxy groups -OCH3 is 2. The van der Waals surface area contributed by atoms with Crippen molar-refractivity contribution in [3.8, 4) is 11.5 Å². The predicted octanol–water partition coefficient (Wildman–Crippen LogP) is 2.38. The van der Waals surface area contributed by atoms with Crippen molar-refractivity contribution in [1.82, 2.24) is 14.8 Å². The Labute approximate surface area is 160 Å². The molecule has 0 saturated carbocycles. The molecule has 1 aliphatic heterocycles. The lowest BCUT2D eigenvalue weighted by molar-refractivity contribution is -0.133. The van der Waals surface area contributed by atoms with Crippen LogP contribution in [0.1, 0.15) is 17.5 Å². The normalized spacial score (nSPS) is 14.8. The van der Waals surface area contributed by atoms with Crippen LogP contribution < -0.4 is 9.47 Å². The minimum atomic E-state index is 0.209. The predicted molar refractivity (Wildman–Crippen MR) is 104 cm³/mol. The van der Waals surface area contributed by atoms with Crippen molar-refractivity contribution in [2.75, 3.05) is 40.4 Å². The highest BCUT2D eigenvalue weighted by molar-refractivity contribution is 5.76. The number of nitrogens with zero attached hydrogens (tertiary/aromatic N) is 3. The average Bonchev–Trinajstić information content (AvgIpc) is 2.73. The summed E-state index contributed by atoms with van der Waals surface area (Å²) in [7, 11) is 3.27. The molecule has 2 heterocycles. The second-order valence-electron chi connectivity index (χ2n) is 6.73. The van der Waals surface area contributed by atoms with E-state index < -0.39 is 0 Å². The number of amides is 1. The number of hydrogen-bond acceptors (Lipinski definition) is 5. The molecule has 1 amide bonds. The zero-order valence-corrected chi connectivity index (χ0v) is 16.1. The van der Waals surface area contributed by atoms with Crippen LogP contribution in [-0.2, 0) is 17.8 Å². The van der Waals surface area contributed by atoms with Gasteiger partial charge in [0.2, 0.25) is 5.91 Å². The van der Waals surface area contributed by atoms with Crippen molar-refractivity contribution in [2.24, 2.45) is 0 Å². The van der Waals surface area contributed by atoms with Gasteiger partial charge in [0.05, 0.1) is 14.2 Å². The first kappa shape index (κ1) is 19.2. The molecule has 1 aromatic carbocycles. The van der Waals surface area contributed by atoms with E-state index in [1.807, 2.05) is 47.6 Å². The maximum Gasteiger partial charge on any atom is 0.222 e. The number of carbonyl (C=O) groups excluding carboxylic acids is 1. The third-order valence-corrected chi connectivity index (χ3v) is 4.92. The Morgan fingerprint density at radius 3 is 2.19 bits per heavy atom. The van der Waals surface area contributed by atoms with Gasteiger partial charge in [-0.15, -0.1) is 0 Å². The molecule has 0 aliphatic carbocycles. The first-order valence-corrected chi connectivity index (χ1v) is 9.29. The van der Waals surface area contributed by atoms with E-state index in [1.165, 1.54) is 5.56 Å². The van der Waals surface area contributed by atoms with Crippen LogP contribution in [0.5, 0.6) is 11.5 Å². The van der Waals surface area contributed by atoms with E-state index in [2.05, 4.69) is 9.88 Å². The number of hydrogen-bond donors (Lipinski definition) is 0. The fraction of sp³-hybridized carbons (Fsp3) is 0.429. The van der Waals surface area contributed by atoms with Crippen molar-refractivity contribution < 1.29 is 14.3 Å².